The molecule has 1 heterocycles. The Bertz CT molecular complexity index is 455. The van der Waals surface area contributed by atoms with Crippen molar-refractivity contribution in [1.82, 2.24) is 4.90 Å². The SMILES string of the molecule is CC1CN(CCC(N)c2cccc(Cl)c2Cl)C(C)CO1. The van der Waals surface area contributed by atoms with Gasteiger partial charge in [0.25, 0.3) is 0 Å². The van der Waals surface area contributed by atoms with Crippen molar-refractivity contribution in [3.63, 3.8) is 0 Å². The average Bonchev–Trinajstić information content (AvgIpc) is 2.42. The van der Waals surface area contributed by atoms with E-state index in [0.717, 1.165) is 31.7 Å². The van der Waals surface area contributed by atoms with Crippen molar-refractivity contribution < 1.29 is 4.74 Å². The maximum atomic E-state index is 6.26. The molecule has 0 aromatic heterocycles. The first-order valence-corrected chi connectivity index (χ1v) is 7.79. The van der Waals surface area contributed by atoms with Crippen LogP contribution in [-0.2, 0) is 4.74 Å². The van der Waals surface area contributed by atoms with Crippen LogP contribution < -0.4 is 5.73 Å². The van der Waals surface area contributed by atoms with Crippen LogP contribution in [0, 0.1) is 0 Å². The number of nitrogens with two attached hydrogens (primary N) is 1. The summed E-state index contributed by atoms with van der Waals surface area (Å²) in [6, 6.07) is 5.97. The maximum absolute atomic E-state index is 6.26. The Labute approximate surface area is 131 Å². The third-order valence-electron chi connectivity index (χ3n) is 3.85. The highest BCUT2D eigenvalue weighted by Crippen LogP contribution is 2.30. The van der Waals surface area contributed by atoms with E-state index in [9.17, 15) is 0 Å². The topological polar surface area (TPSA) is 38.5 Å². The summed E-state index contributed by atoms with van der Waals surface area (Å²) in [5.74, 6) is 0. The van der Waals surface area contributed by atoms with E-state index < -0.39 is 0 Å². The molecule has 2 N–H and O–H groups in total. The molecule has 1 aliphatic heterocycles. The van der Waals surface area contributed by atoms with Crippen LogP contribution in [-0.4, -0.2) is 36.7 Å². The van der Waals surface area contributed by atoms with Crippen molar-refractivity contribution in [2.75, 3.05) is 19.7 Å². The van der Waals surface area contributed by atoms with Gasteiger partial charge in [0, 0.05) is 25.2 Å². The fourth-order valence-electron chi connectivity index (χ4n) is 2.55. The molecule has 112 valence electrons. The summed E-state index contributed by atoms with van der Waals surface area (Å²) in [7, 11) is 0. The van der Waals surface area contributed by atoms with Gasteiger partial charge in [-0.25, -0.2) is 0 Å². The van der Waals surface area contributed by atoms with E-state index in [1.165, 1.54) is 0 Å². The number of morpholine rings is 1. The Morgan fingerprint density at radius 3 is 2.90 bits per heavy atom. The number of hydrogen-bond acceptors (Lipinski definition) is 3. The monoisotopic (exact) mass is 316 g/mol. The first kappa shape index (κ1) is 16.1. The molecule has 1 aromatic rings. The zero-order valence-electron chi connectivity index (χ0n) is 12.0. The third-order valence-corrected chi connectivity index (χ3v) is 4.68. The summed E-state index contributed by atoms with van der Waals surface area (Å²) < 4.78 is 5.64. The van der Waals surface area contributed by atoms with Crippen molar-refractivity contribution in [2.24, 2.45) is 5.73 Å². The summed E-state index contributed by atoms with van der Waals surface area (Å²) in [5, 5.41) is 1.14. The number of halogens is 2. The zero-order chi connectivity index (χ0) is 14.7. The molecule has 3 nitrogen and oxygen atoms in total. The van der Waals surface area contributed by atoms with Gasteiger partial charge in [-0.3, -0.25) is 4.90 Å². The largest absolute Gasteiger partial charge is 0.376 e. The Hall–Kier alpha value is -0.320. The predicted octanol–water partition coefficient (Wildman–Crippen LogP) is 3.49. The third kappa shape index (κ3) is 3.86. The average molecular weight is 317 g/mol. The minimum absolute atomic E-state index is 0.0912. The molecule has 3 unspecified atom stereocenters. The van der Waals surface area contributed by atoms with E-state index in [2.05, 4.69) is 18.7 Å². The smallest absolute Gasteiger partial charge is 0.0674 e. The predicted molar refractivity (Wildman–Crippen MR) is 84.5 cm³/mol. The number of benzene rings is 1. The maximum Gasteiger partial charge on any atom is 0.0674 e. The van der Waals surface area contributed by atoms with Crippen LogP contribution in [0.25, 0.3) is 0 Å². The molecule has 20 heavy (non-hydrogen) atoms. The fraction of sp³-hybridized carbons (Fsp3) is 0.600. The van der Waals surface area contributed by atoms with E-state index in [-0.39, 0.29) is 12.1 Å². The van der Waals surface area contributed by atoms with Gasteiger partial charge in [0.05, 0.1) is 22.8 Å². The van der Waals surface area contributed by atoms with Gasteiger partial charge >= 0.3 is 0 Å². The van der Waals surface area contributed by atoms with Crippen molar-refractivity contribution in [1.29, 1.82) is 0 Å². The molecule has 2 rings (SSSR count). The van der Waals surface area contributed by atoms with Crippen molar-refractivity contribution >= 4 is 23.2 Å². The minimum atomic E-state index is -0.0912. The molecule has 5 heteroatoms. The van der Waals surface area contributed by atoms with Crippen molar-refractivity contribution in [3.05, 3.63) is 33.8 Å². The van der Waals surface area contributed by atoms with Crippen molar-refractivity contribution in [2.45, 2.75) is 38.5 Å². The minimum Gasteiger partial charge on any atom is -0.376 e. The number of ether oxygens (including phenoxy) is 1. The first-order chi connectivity index (χ1) is 9.49. The number of nitrogens with zero attached hydrogens (tertiary/aromatic N) is 1. The summed E-state index contributed by atoms with van der Waals surface area (Å²) >= 11 is 12.3. The second-order valence-corrected chi connectivity index (χ2v) is 6.31. The first-order valence-electron chi connectivity index (χ1n) is 7.04. The Morgan fingerprint density at radius 1 is 1.40 bits per heavy atom. The van der Waals surface area contributed by atoms with Crippen LogP contribution in [0.3, 0.4) is 0 Å². The Balaban J connectivity index is 1.94. The molecule has 1 saturated heterocycles. The van der Waals surface area contributed by atoms with Crippen molar-refractivity contribution in [3.8, 4) is 0 Å². The van der Waals surface area contributed by atoms with E-state index in [1.54, 1.807) is 6.07 Å². The molecule has 3 atom stereocenters. The van der Waals surface area contributed by atoms with Gasteiger partial charge < -0.3 is 10.5 Å². The molecule has 0 aliphatic carbocycles. The number of hydrogen-bond donors (Lipinski definition) is 1. The molecule has 1 aliphatic rings. The van der Waals surface area contributed by atoms with E-state index in [4.69, 9.17) is 33.7 Å². The lowest BCUT2D eigenvalue weighted by Gasteiger charge is -2.37. The highest BCUT2D eigenvalue weighted by atomic mass is 35.5. The molecular weight excluding hydrogens is 295 g/mol. The quantitative estimate of drug-likeness (QED) is 0.924. The normalized spacial score (nSPS) is 25.6. The Morgan fingerprint density at radius 2 is 2.15 bits per heavy atom. The summed E-state index contributed by atoms with van der Waals surface area (Å²) in [4.78, 5) is 2.42. The van der Waals surface area contributed by atoms with Crippen LogP contribution in [0.1, 0.15) is 31.9 Å². The van der Waals surface area contributed by atoms with Gasteiger partial charge in [-0.15, -0.1) is 0 Å². The van der Waals surface area contributed by atoms with Crippen LogP contribution >= 0.6 is 23.2 Å². The van der Waals surface area contributed by atoms with E-state index in [1.807, 2.05) is 12.1 Å². The van der Waals surface area contributed by atoms with Gasteiger partial charge in [0.2, 0.25) is 0 Å². The summed E-state index contributed by atoms with van der Waals surface area (Å²) in [5.41, 5.74) is 7.19. The standard InChI is InChI=1S/C15H22Cl2N2O/c1-10-9-20-11(2)8-19(10)7-6-14(18)12-4-3-5-13(16)15(12)17/h3-5,10-11,14H,6-9,18H2,1-2H3. The van der Waals surface area contributed by atoms with Gasteiger partial charge in [-0.05, 0) is 31.9 Å². The lowest BCUT2D eigenvalue weighted by molar-refractivity contribution is -0.0499. The molecule has 0 bridgehead atoms. The molecular formula is C15H22Cl2N2O. The second kappa shape index (κ2) is 7.10. The molecule has 0 saturated carbocycles. The number of rotatable bonds is 4. The molecule has 1 aromatic carbocycles. The van der Waals surface area contributed by atoms with Crippen LogP contribution in [0.2, 0.25) is 10.0 Å². The molecule has 0 spiro atoms. The molecule has 0 radical (unpaired) electrons. The van der Waals surface area contributed by atoms with Crippen LogP contribution in [0.4, 0.5) is 0 Å². The molecule has 1 fully saturated rings. The van der Waals surface area contributed by atoms with Gasteiger partial charge in [0.15, 0.2) is 0 Å². The van der Waals surface area contributed by atoms with Gasteiger partial charge in [-0.1, -0.05) is 35.3 Å². The Kier molecular flexibility index (Phi) is 5.70. The molecule has 0 amide bonds. The highest BCUT2D eigenvalue weighted by Gasteiger charge is 2.24. The highest BCUT2D eigenvalue weighted by molar-refractivity contribution is 6.42. The second-order valence-electron chi connectivity index (χ2n) is 5.53. The lowest BCUT2D eigenvalue weighted by atomic mass is 10.0. The fourth-order valence-corrected chi connectivity index (χ4v) is 3.00. The van der Waals surface area contributed by atoms with Gasteiger partial charge in [0.1, 0.15) is 0 Å². The van der Waals surface area contributed by atoms with Crippen LogP contribution in [0.15, 0.2) is 18.2 Å². The summed E-state index contributed by atoms with van der Waals surface area (Å²) in [6.07, 6.45) is 1.15. The van der Waals surface area contributed by atoms with E-state index in [0.29, 0.717) is 16.1 Å². The zero-order valence-corrected chi connectivity index (χ0v) is 13.5. The van der Waals surface area contributed by atoms with Crippen LogP contribution in [0.5, 0.6) is 0 Å². The summed E-state index contributed by atoms with van der Waals surface area (Å²) in [6.45, 7) is 6.97. The lowest BCUT2D eigenvalue weighted by Crippen LogP contribution is -2.47. The van der Waals surface area contributed by atoms with Gasteiger partial charge in [-0.2, -0.15) is 0 Å². The van der Waals surface area contributed by atoms with E-state index >= 15 is 0 Å².